The molecule has 21 heavy (non-hydrogen) atoms. The molecule has 0 bridgehead atoms. The summed E-state index contributed by atoms with van der Waals surface area (Å²) >= 11 is 0. The number of carbonyl (C=O) groups excluding carboxylic acids is 1. The maximum atomic E-state index is 12.2. The van der Waals surface area contributed by atoms with Gasteiger partial charge in [0.05, 0.1) is 17.4 Å². The summed E-state index contributed by atoms with van der Waals surface area (Å²) in [4.78, 5) is 16.0. The van der Waals surface area contributed by atoms with Gasteiger partial charge in [0.25, 0.3) is 5.91 Å². The Labute approximate surface area is 123 Å². The molecular weight excluding hydrogens is 290 g/mol. The van der Waals surface area contributed by atoms with Gasteiger partial charge in [0.2, 0.25) is 0 Å². The number of nitrogens with zero attached hydrogens (tertiary/aromatic N) is 1. The van der Waals surface area contributed by atoms with E-state index in [1.54, 1.807) is 25.2 Å². The number of rotatable bonds is 4. The number of para-hydroxylation sites is 1. The van der Waals surface area contributed by atoms with Crippen molar-refractivity contribution in [2.45, 2.75) is 5.03 Å². The zero-order valence-electron chi connectivity index (χ0n) is 11.6. The van der Waals surface area contributed by atoms with Gasteiger partial charge in [-0.1, -0.05) is 12.1 Å². The molecule has 0 saturated heterocycles. The van der Waals surface area contributed by atoms with Crippen LogP contribution in [0.2, 0.25) is 0 Å². The van der Waals surface area contributed by atoms with Crippen molar-refractivity contribution < 1.29 is 13.2 Å². The van der Waals surface area contributed by atoms with E-state index in [0.29, 0.717) is 16.9 Å². The zero-order chi connectivity index (χ0) is 15.5. The number of nitrogens with one attached hydrogen (secondary N) is 2. The van der Waals surface area contributed by atoms with Gasteiger partial charge in [0.15, 0.2) is 14.9 Å². The lowest BCUT2D eigenvalue weighted by Crippen LogP contribution is -2.14. The third-order valence-electron chi connectivity index (χ3n) is 2.82. The van der Waals surface area contributed by atoms with Crippen molar-refractivity contribution in [2.24, 2.45) is 0 Å². The van der Waals surface area contributed by atoms with Crippen LogP contribution < -0.4 is 10.6 Å². The predicted molar refractivity (Wildman–Crippen MR) is 81.3 cm³/mol. The third-order valence-corrected chi connectivity index (χ3v) is 3.82. The minimum absolute atomic E-state index is 0.0314. The number of amides is 1. The molecule has 2 rings (SSSR count). The fourth-order valence-corrected chi connectivity index (χ4v) is 2.33. The first-order valence-electron chi connectivity index (χ1n) is 6.16. The molecule has 7 heteroatoms. The van der Waals surface area contributed by atoms with Gasteiger partial charge in [-0.3, -0.25) is 4.79 Å². The van der Waals surface area contributed by atoms with E-state index in [4.69, 9.17) is 0 Å². The highest BCUT2D eigenvalue weighted by atomic mass is 32.2. The molecule has 1 amide bonds. The summed E-state index contributed by atoms with van der Waals surface area (Å²) in [5.41, 5.74) is 1.63. The van der Waals surface area contributed by atoms with Crippen LogP contribution in [0.5, 0.6) is 0 Å². The highest BCUT2D eigenvalue weighted by Crippen LogP contribution is 2.17. The first-order chi connectivity index (χ1) is 9.91. The van der Waals surface area contributed by atoms with Crippen LogP contribution in [-0.2, 0) is 9.84 Å². The number of aromatic nitrogens is 1. The maximum Gasteiger partial charge on any atom is 0.257 e. The summed E-state index contributed by atoms with van der Waals surface area (Å²) < 4.78 is 22.6. The van der Waals surface area contributed by atoms with E-state index in [1.807, 2.05) is 6.07 Å². The number of pyridine rings is 1. The summed E-state index contributed by atoms with van der Waals surface area (Å²) in [5, 5.41) is 5.58. The molecule has 2 aromatic rings. The van der Waals surface area contributed by atoms with Crippen molar-refractivity contribution in [3.05, 3.63) is 48.2 Å². The second-order valence-corrected chi connectivity index (χ2v) is 6.37. The van der Waals surface area contributed by atoms with E-state index in [9.17, 15) is 13.2 Å². The monoisotopic (exact) mass is 305 g/mol. The number of sulfone groups is 1. The molecule has 0 unspecified atom stereocenters. The molecule has 6 nitrogen and oxygen atoms in total. The Morgan fingerprint density at radius 1 is 1.14 bits per heavy atom. The molecule has 0 fully saturated rings. The highest BCUT2D eigenvalue weighted by molar-refractivity contribution is 7.90. The fourth-order valence-electron chi connectivity index (χ4n) is 1.77. The van der Waals surface area contributed by atoms with Crippen molar-refractivity contribution in [3.63, 3.8) is 0 Å². The second kappa shape index (κ2) is 5.92. The van der Waals surface area contributed by atoms with Crippen molar-refractivity contribution >= 4 is 27.1 Å². The van der Waals surface area contributed by atoms with Gasteiger partial charge >= 0.3 is 0 Å². The zero-order valence-corrected chi connectivity index (χ0v) is 12.4. The van der Waals surface area contributed by atoms with Crippen molar-refractivity contribution in [3.8, 4) is 0 Å². The van der Waals surface area contributed by atoms with E-state index in [-0.39, 0.29) is 10.9 Å². The van der Waals surface area contributed by atoms with E-state index in [2.05, 4.69) is 15.6 Å². The topological polar surface area (TPSA) is 88.2 Å². The number of carbonyl (C=O) groups is 1. The Kier molecular flexibility index (Phi) is 4.23. The normalized spacial score (nSPS) is 11.0. The number of hydrogen-bond acceptors (Lipinski definition) is 5. The molecule has 1 heterocycles. The van der Waals surface area contributed by atoms with Gasteiger partial charge in [0, 0.05) is 19.0 Å². The van der Waals surface area contributed by atoms with Crippen LogP contribution in [0.4, 0.5) is 11.4 Å². The summed E-state index contributed by atoms with van der Waals surface area (Å²) in [5.74, 6) is -0.297. The first-order valence-corrected chi connectivity index (χ1v) is 8.05. The minimum Gasteiger partial charge on any atom is -0.387 e. The van der Waals surface area contributed by atoms with Gasteiger partial charge in [0.1, 0.15) is 0 Å². The van der Waals surface area contributed by atoms with Crippen LogP contribution in [0.3, 0.4) is 0 Å². The molecule has 0 aliphatic rings. The van der Waals surface area contributed by atoms with Crippen molar-refractivity contribution in [1.82, 2.24) is 4.98 Å². The summed E-state index contributed by atoms with van der Waals surface area (Å²) in [6.45, 7) is 0. The molecule has 0 atom stereocenters. The predicted octanol–water partition coefficient (Wildman–Crippen LogP) is 1.78. The maximum absolute atomic E-state index is 12.2. The Balaban J connectivity index is 2.20. The van der Waals surface area contributed by atoms with Crippen LogP contribution in [0, 0.1) is 0 Å². The average Bonchev–Trinajstić information content (AvgIpc) is 2.46. The SMILES string of the molecule is CNc1ccccc1C(=O)Nc1ccc(S(C)(=O)=O)nc1. The lowest BCUT2D eigenvalue weighted by Gasteiger charge is -2.09. The number of anilines is 2. The highest BCUT2D eigenvalue weighted by Gasteiger charge is 2.12. The molecule has 2 N–H and O–H groups in total. The second-order valence-electron chi connectivity index (χ2n) is 4.41. The van der Waals surface area contributed by atoms with Crippen LogP contribution in [0.25, 0.3) is 0 Å². The summed E-state index contributed by atoms with van der Waals surface area (Å²) in [7, 11) is -1.61. The van der Waals surface area contributed by atoms with Gasteiger partial charge < -0.3 is 10.6 Å². The van der Waals surface area contributed by atoms with Gasteiger partial charge in [-0.15, -0.1) is 0 Å². The largest absolute Gasteiger partial charge is 0.387 e. The van der Waals surface area contributed by atoms with Crippen molar-refractivity contribution in [2.75, 3.05) is 23.9 Å². The molecule has 0 spiro atoms. The molecule has 110 valence electrons. The van der Waals surface area contributed by atoms with Gasteiger partial charge in [-0.2, -0.15) is 0 Å². The van der Waals surface area contributed by atoms with Gasteiger partial charge in [-0.25, -0.2) is 13.4 Å². The summed E-state index contributed by atoms with van der Waals surface area (Å²) in [6, 6.07) is 9.93. The molecule has 1 aromatic heterocycles. The Hall–Kier alpha value is -2.41. The molecule has 1 aromatic carbocycles. The van der Waals surface area contributed by atoms with Crippen LogP contribution >= 0.6 is 0 Å². The molecule has 0 aliphatic carbocycles. The van der Waals surface area contributed by atoms with Crippen LogP contribution in [-0.4, -0.2) is 32.6 Å². The van der Waals surface area contributed by atoms with E-state index >= 15 is 0 Å². The smallest absolute Gasteiger partial charge is 0.257 e. The molecule has 0 radical (unpaired) electrons. The van der Waals surface area contributed by atoms with Gasteiger partial charge in [-0.05, 0) is 24.3 Å². The Morgan fingerprint density at radius 3 is 2.43 bits per heavy atom. The van der Waals surface area contributed by atoms with E-state index < -0.39 is 9.84 Å². The summed E-state index contributed by atoms with van der Waals surface area (Å²) in [6.07, 6.45) is 2.40. The molecular formula is C14H15N3O3S. The fraction of sp³-hybridized carbons (Fsp3) is 0.143. The molecule has 0 saturated carbocycles. The standard InChI is InChI=1S/C14H15N3O3S/c1-15-12-6-4-3-5-11(12)14(18)17-10-7-8-13(16-9-10)21(2,19)20/h3-9,15H,1-2H3,(H,17,18). The quantitative estimate of drug-likeness (QED) is 0.899. The van der Waals surface area contributed by atoms with E-state index in [1.165, 1.54) is 18.3 Å². The Morgan fingerprint density at radius 2 is 1.86 bits per heavy atom. The van der Waals surface area contributed by atoms with Crippen LogP contribution in [0.1, 0.15) is 10.4 Å². The number of hydrogen-bond donors (Lipinski definition) is 2. The molecule has 0 aliphatic heterocycles. The number of benzene rings is 1. The lowest BCUT2D eigenvalue weighted by molar-refractivity contribution is 0.102. The van der Waals surface area contributed by atoms with Crippen molar-refractivity contribution in [1.29, 1.82) is 0 Å². The lowest BCUT2D eigenvalue weighted by atomic mass is 10.1. The third kappa shape index (κ3) is 3.57. The minimum atomic E-state index is -3.34. The van der Waals surface area contributed by atoms with E-state index in [0.717, 1.165) is 6.26 Å². The first kappa shape index (κ1) is 15.0. The Bertz CT molecular complexity index is 755. The average molecular weight is 305 g/mol. The van der Waals surface area contributed by atoms with Crippen LogP contribution in [0.15, 0.2) is 47.6 Å².